The molecule has 1 amide bonds. The highest BCUT2D eigenvalue weighted by Gasteiger charge is 2.25. The van der Waals surface area contributed by atoms with Gasteiger partial charge in [0.05, 0.1) is 18.7 Å². The molecule has 0 bridgehead atoms. The molecule has 1 atom stereocenters. The van der Waals surface area contributed by atoms with Crippen LogP contribution in [-0.4, -0.2) is 40.4 Å². The van der Waals surface area contributed by atoms with Crippen LogP contribution in [0.5, 0.6) is 0 Å². The van der Waals surface area contributed by atoms with Gasteiger partial charge in [-0.05, 0) is 51.4 Å². The number of carbonyl (C=O) groups excluding carboxylic acids is 1. The Morgan fingerprint density at radius 1 is 1.36 bits per heavy atom. The molecule has 6 heteroatoms. The van der Waals surface area contributed by atoms with E-state index in [1.807, 2.05) is 32.0 Å². The van der Waals surface area contributed by atoms with Crippen molar-refractivity contribution < 1.29 is 9.21 Å². The standard InChI is InChI=1S/C19H26N4O2/c1-14-11-15(2)22-18(21-14)7-8-20-19(24)16-5-3-9-23(12-16)13-17-6-4-10-25-17/h4,6,10-11,16H,3,5,7-9,12-13H2,1-2H3,(H,20,24)/t16-/m0/s1. The van der Waals surface area contributed by atoms with Crippen molar-refractivity contribution in [3.8, 4) is 0 Å². The third-order valence-corrected chi connectivity index (χ3v) is 4.51. The van der Waals surface area contributed by atoms with Crippen molar-refractivity contribution in [1.29, 1.82) is 0 Å². The third-order valence-electron chi connectivity index (χ3n) is 4.51. The summed E-state index contributed by atoms with van der Waals surface area (Å²) in [6, 6.07) is 5.84. The summed E-state index contributed by atoms with van der Waals surface area (Å²) in [5.41, 5.74) is 1.93. The Morgan fingerprint density at radius 3 is 2.88 bits per heavy atom. The molecule has 1 aliphatic heterocycles. The molecule has 3 rings (SSSR count). The van der Waals surface area contributed by atoms with Gasteiger partial charge in [0.2, 0.25) is 5.91 Å². The number of likely N-dealkylation sites (tertiary alicyclic amines) is 1. The summed E-state index contributed by atoms with van der Waals surface area (Å²) in [6.45, 7) is 7.08. The lowest BCUT2D eigenvalue weighted by Crippen LogP contribution is -2.43. The second kappa shape index (κ2) is 8.25. The summed E-state index contributed by atoms with van der Waals surface area (Å²) in [7, 11) is 0. The largest absolute Gasteiger partial charge is 0.468 e. The van der Waals surface area contributed by atoms with Gasteiger partial charge in [0.25, 0.3) is 0 Å². The van der Waals surface area contributed by atoms with E-state index in [2.05, 4.69) is 20.2 Å². The molecule has 0 unspecified atom stereocenters. The van der Waals surface area contributed by atoms with Crippen LogP contribution in [0.3, 0.4) is 0 Å². The van der Waals surface area contributed by atoms with Crippen molar-refractivity contribution in [1.82, 2.24) is 20.2 Å². The molecule has 0 aliphatic carbocycles. The number of aromatic nitrogens is 2. The Morgan fingerprint density at radius 2 is 2.16 bits per heavy atom. The predicted molar refractivity (Wildman–Crippen MR) is 94.9 cm³/mol. The smallest absolute Gasteiger partial charge is 0.224 e. The highest BCUT2D eigenvalue weighted by Crippen LogP contribution is 2.19. The molecule has 134 valence electrons. The van der Waals surface area contributed by atoms with Crippen LogP contribution in [0.4, 0.5) is 0 Å². The molecular formula is C19H26N4O2. The molecule has 2 aromatic heterocycles. The second-order valence-electron chi connectivity index (χ2n) is 6.76. The number of amides is 1. The summed E-state index contributed by atoms with van der Waals surface area (Å²) >= 11 is 0. The van der Waals surface area contributed by atoms with E-state index in [-0.39, 0.29) is 11.8 Å². The highest BCUT2D eigenvalue weighted by atomic mass is 16.3. The zero-order valence-corrected chi connectivity index (χ0v) is 15.0. The number of hydrogen-bond acceptors (Lipinski definition) is 5. The number of nitrogens with one attached hydrogen (secondary N) is 1. The van der Waals surface area contributed by atoms with Crippen molar-refractivity contribution in [2.75, 3.05) is 19.6 Å². The minimum Gasteiger partial charge on any atom is -0.468 e. The Labute approximate surface area is 148 Å². The Bertz CT molecular complexity index is 679. The van der Waals surface area contributed by atoms with Crippen LogP contribution >= 0.6 is 0 Å². The van der Waals surface area contributed by atoms with Gasteiger partial charge < -0.3 is 9.73 Å². The first-order valence-corrected chi connectivity index (χ1v) is 8.94. The van der Waals surface area contributed by atoms with Crippen molar-refractivity contribution in [2.45, 2.75) is 39.7 Å². The molecule has 1 fully saturated rings. The lowest BCUT2D eigenvalue weighted by Gasteiger charge is -2.31. The zero-order valence-electron chi connectivity index (χ0n) is 15.0. The lowest BCUT2D eigenvalue weighted by atomic mass is 9.97. The SMILES string of the molecule is Cc1cc(C)nc(CCNC(=O)[C@H]2CCCN(Cc3ccco3)C2)n1. The Balaban J connectivity index is 1.45. The Hall–Kier alpha value is -2.21. The highest BCUT2D eigenvalue weighted by molar-refractivity contribution is 5.78. The van der Waals surface area contributed by atoms with Crippen LogP contribution in [-0.2, 0) is 17.8 Å². The molecule has 0 saturated carbocycles. The fourth-order valence-corrected chi connectivity index (χ4v) is 3.39. The van der Waals surface area contributed by atoms with Crippen LogP contribution < -0.4 is 5.32 Å². The fourth-order valence-electron chi connectivity index (χ4n) is 3.39. The van der Waals surface area contributed by atoms with E-state index in [1.165, 1.54) is 0 Å². The lowest BCUT2D eigenvalue weighted by molar-refractivity contribution is -0.126. The maximum atomic E-state index is 12.5. The molecule has 1 aliphatic rings. The molecule has 0 aromatic carbocycles. The van der Waals surface area contributed by atoms with Gasteiger partial charge in [0.15, 0.2) is 0 Å². The summed E-state index contributed by atoms with van der Waals surface area (Å²) in [6.07, 6.45) is 4.34. The third kappa shape index (κ3) is 5.13. The first-order valence-electron chi connectivity index (χ1n) is 8.94. The molecule has 2 aromatic rings. The molecule has 0 radical (unpaired) electrons. The van der Waals surface area contributed by atoms with E-state index in [4.69, 9.17) is 4.42 Å². The number of piperidine rings is 1. The number of hydrogen-bond donors (Lipinski definition) is 1. The average molecular weight is 342 g/mol. The van der Waals surface area contributed by atoms with Gasteiger partial charge in [0.1, 0.15) is 11.6 Å². The number of furan rings is 1. The molecule has 3 heterocycles. The van der Waals surface area contributed by atoms with Gasteiger partial charge in [-0.3, -0.25) is 9.69 Å². The quantitative estimate of drug-likeness (QED) is 0.872. The number of nitrogens with zero attached hydrogens (tertiary/aromatic N) is 3. The van der Waals surface area contributed by atoms with E-state index in [0.29, 0.717) is 13.0 Å². The van der Waals surface area contributed by atoms with Gasteiger partial charge in [0, 0.05) is 30.9 Å². The minimum absolute atomic E-state index is 0.0453. The zero-order chi connectivity index (χ0) is 17.6. The maximum absolute atomic E-state index is 12.5. The first kappa shape index (κ1) is 17.6. The van der Waals surface area contributed by atoms with E-state index in [9.17, 15) is 4.79 Å². The van der Waals surface area contributed by atoms with Crippen LogP contribution in [0.2, 0.25) is 0 Å². The molecule has 1 N–H and O–H groups in total. The number of carbonyl (C=O) groups is 1. The van der Waals surface area contributed by atoms with Crippen LogP contribution in [0.25, 0.3) is 0 Å². The van der Waals surface area contributed by atoms with Gasteiger partial charge in [-0.25, -0.2) is 9.97 Å². The molecule has 25 heavy (non-hydrogen) atoms. The van der Waals surface area contributed by atoms with Crippen molar-refractivity contribution in [2.24, 2.45) is 5.92 Å². The van der Waals surface area contributed by atoms with E-state index in [1.54, 1.807) is 6.26 Å². The molecule has 1 saturated heterocycles. The summed E-state index contributed by atoms with van der Waals surface area (Å²) in [4.78, 5) is 23.6. The Kier molecular flexibility index (Phi) is 5.81. The van der Waals surface area contributed by atoms with Gasteiger partial charge in [-0.1, -0.05) is 0 Å². The number of aryl methyl sites for hydroxylation is 2. The molecular weight excluding hydrogens is 316 g/mol. The van der Waals surface area contributed by atoms with Crippen molar-refractivity contribution in [3.63, 3.8) is 0 Å². The summed E-state index contributed by atoms with van der Waals surface area (Å²) < 4.78 is 5.41. The van der Waals surface area contributed by atoms with E-state index in [0.717, 1.165) is 55.4 Å². The fraction of sp³-hybridized carbons (Fsp3) is 0.526. The topological polar surface area (TPSA) is 71.3 Å². The van der Waals surface area contributed by atoms with Crippen LogP contribution in [0.15, 0.2) is 28.9 Å². The van der Waals surface area contributed by atoms with Crippen LogP contribution in [0, 0.1) is 19.8 Å². The average Bonchev–Trinajstić information content (AvgIpc) is 3.07. The van der Waals surface area contributed by atoms with Gasteiger partial charge in [-0.2, -0.15) is 0 Å². The van der Waals surface area contributed by atoms with Gasteiger partial charge >= 0.3 is 0 Å². The predicted octanol–water partition coefficient (Wildman–Crippen LogP) is 2.26. The van der Waals surface area contributed by atoms with E-state index >= 15 is 0 Å². The second-order valence-corrected chi connectivity index (χ2v) is 6.76. The maximum Gasteiger partial charge on any atom is 0.224 e. The number of rotatable bonds is 6. The monoisotopic (exact) mass is 342 g/mol. The van der Waals surface area contributed by atoms with Crippen molar-refractivity contribution >= 4 is 5.91 Å². The van der Waals surface area contributed by atoms with Crippen molar-refractivity contribution in [3.05, 3.63) is 47.4 Å². The summed E-state index contributed by atoms with van der Waals surface area (Å²) in [5, 5.41) is 3.05. The normalized spacial score (nSPS) is 18.2. The van der Waals surface area contributed by atoms with E-state index < -0.39 is 0 Å². The molecule has 6 nitrogen and oxygen atoms in total. The molecule has 0 spiro atoms. The minimum atomic E-state index is 0.0453. The summed E-state index contributed by atoms with van der Waals surface area (Å²) in [5.74, 6) is 1.92. The van der Waals surface area contributed by atoms with Crippen LogP contribution in [0.1, 0.15) is 35.8 Å². The first-order chi connectivity index (χ1) is 12.1. The van der Waals surface area contributed by atoms with Gasteiger partial charge in [-0.15, -0.1) is 0 Å².